The summed E-state index contributed by atoms with van der Waals surface area (Å²) < 4.78 is 52.9. The van der Waals surface area contributed by atoms with Gasteiger partial charge in [-0.3, -0.25) is 4.79 Å². The zero-order chi connectivity index (χ0) is 28.6. The van der Waals surface area contributed by atoms with E-state index in [0.29, 0.717) is 49.1 Å². The van der Waals surface area contributed by atoms with Gasteiger partial charge in [-0.15, -0.1) is 0 Å². The first kappa shape index (κ1) is 27.1. The molecule has 1 unspecified atom stereocenters. The average Bonchev–Trinajstić information content (AvgIpc) is 3.31. The number of halogens is 4. The average molecular weight is 559 g/mol. The maximum atomic E-state index is 14.0. The number of amidine groups is 1. The predicted octanol–water partition coefficient (Wildman–Crippen LogP) is 3.36. The van der Waals surface area contributed by atoms with Gasteiger partial charge in [0.25, 0.3) is 0 Å². The molecule has 14 heteroatoms. The first-order chi connectivity index (χ1) is 19.0. The summed E-state index contributed by atoms with van der Waals surface area (Å²) in [6, 6.07) is 6.81. The summed E-state index contributed by atoms with van der Waals surface area (Å²) in [7, 11) is 2.01. The Morgan fingerprint density at radius 2 is 1.73 bits per heavy atom. The van der Waals surface area contributed by atoms with Crippen LogP contribution in [0.15, 0.2) is 58.3 Å². The van der Waals surface area contributed by atoms with Gasteiger partial charge in [0.2, 0.25) is 5.91 Å². The van der Waals surface area contributed by atoms with Crippen molar-refractivity contribution in [1.82, 2.24) is 14.8 Å². The van der Waals surface area contributed by atoms with E-state index in [1.807, 2.05) is 11.9 Å². The summed E-state index contributed by atoms with van der Waals surface area (Å²) in [4.78, 5) is 33.9. The molecule has 0 bridgehead atoms. The van der Waals surface area contributed by atoms with Crippen LogP contribution in [0.25, 0.3) is 5.57 Å². The number of alkyl halides is 3. The zero-order valence-corrected chi connectivity index (χ0v) is 21.4. The van der Waals surface area contributed by atoms with Crippen LogP contribution in [0.1, 0.15) is 17.5 Å². The highest BCUT2D eigenvalue weighted by atomic mass is 19.4. The van der Waals surface area contributed by atoms with E-state index in [-0.39, 0.29) is 11.7 Å². The summed E-state index contributed by atoms with van der Waals surface area (Å²) in [5.74, 6) is -0.833. The van der Waals surface area contributed by atoms with Crippen molar-refractivity contribution in [2.75, 3.05) is 43.9 Å². The lowest BCUT2D eigenvalue weighted by molar-refractivity contribution is -0.138. The normalized spacial score (nSPS) is 19.4. The van der Waals surface area contributed by atoms with Crippen molar-refractivity contribution in [3.8, 4) is 0 Å². The SMILES string of the molecule is CN1CCN(C(=O)C2CC(c3ccc(NC(=O)Nc4cc(C(F)(F)F)ccc4F)cc3)=C3C(N)=NC=NN32)CC1. The van der Waals surface area contributed by atoms with Crippen molar-refractivity contribution < 1.29 is 27.2 Å². The molecule has 10 nitrogen and oxygen atoms in total. The number of amides is 3. The van der Waals surface area contributed by atoms with E-state index >= 15 is 0 Å². The number of rotatable bonds is 4. The number of hydrogen-bond donors (Lipinski definition) is 3. The summed E-state index contributed by atoms with van der Waals surface area (Å²) in [6.07, 6.45) is -3.03. The van der Waals surface area contributed by atoms with Gasteiger partial charge >= 0.3 is 12.2 Å². The van der Waals surface area contributed by atoms with E-state index in [2.05, 4.69) is 25.6 Å². The van der Waals surface area contributed by atoms with Crippen LogP contribution < -0.4 is 16.4 Å². The Morgan fingerprint density at radius 3 is 2.40 bits per heavy atom. The van der Waals surface area contributed by atoms with E-state index in [1.54, 1.807) is 29.3 Å². The maximum Gasteiger partial charge on any atom is 0.416 e. The largest absolute Gasteiger partial charge is 0.416 e. The molecule has 3 heterocycles. The molecular formula is C26H26F4N8O2. The molecule has 0 aromatic heterocycles. The third-order valence-corrected chi connectivity index (χ3v) is 6.96. The fourth-order valence-electron chi connectivity index (χ4n) is 4.81. The van der Waals surface area contributed by atoms with Gasteiger partial charge in [-0.2, -0.15) is 18.3 Å². The number of nitrogens with zero attached hydrogens (tertiary/aromatic N) is 5. The van der Waals surface area contributed by atoms with Crippen LogP contribution in [0, 0.1) is 5.82 Å². The van der Waals surface area contributed by atoms with Crippen molar-refractivity contribution in [2.24, 2.45) is 15.8 Å². The van der Waals surface area contributed by atoms with Gasteiger partial charge < -0.3 is 26.2 Å². The number of nitrogens with one attached hydrogen (secondary N) is 2. The molecule has 0 aliphatic carbocycles. The summed E-state index contributed by atoms with van der Waals surface area (Å²) >= 11 is 0. The Morgan fingerprint density at radius 1 is 1.02 bits per heavy atom. The highest BCUT2D eigenvalue weighted by molar-refractivity contribution is 6.09. The Kier molecular flexibility index (Phi) is 7.19. The highest BCUT2D eigenvalue weighted by Crippen LogP contribution is 2.38. The standard InChI is InChI=1S/C26H26F4N8O2/c1-36-8-10-37(11-9-36)24(39)21-13-18(22-23(31)32-14-33-38(21)22)15-2-5-17(6-3-15)34-25(40)35-20-12-16(26(28,29)30)4-7-19(20)27/h2-7,12,14,21H,8-11,13H2,1H3,(H2,31,32,33)(H2,34,35,40). The van der Waals surface area contributed by atoms with Crippen LogP contribution in [0.3, 0.4) is 0 Å². The fourth-order valence-corrected chi connectivity index (χ4v) is 4.81. The van der Waals surface area contributed by atoms with E-state index < -0.39 is 35.3 Å². The van der Waals surface area contributed by atoms with Gasteiger partial charge in [-0.05, 0) is 48.5 Å². The van der Waals surface area contributed by atoms with Crippen LogP contribution in [-0.2, 0) is 11.0 Å². The summed E-state index contributed by atoms with van der Waals surface area (Å²) in [5, 5.41) is 10.5. The number of hydrazone groups is 1. The second-order valence-electron chi connectivity index (χ2n) is 9.61. The summed E-state index contributed by atoms with van der Waals surface area (Å²) in [6.45, 7) is 2.79. The van der Waals surface area contributed by atoms with Gasteiger partial charge in [0.1, 0.15) is 23.9 Å². The van der Waals surface area contributed by atoms with Crippen molar-refractivity contribution in [3.05, 3.63) is 65.1 Å². The number of carbonyl (C=O) groups is 2. The minimum Gasteiger partial charge on any atom is -0.382 e. The van der Waals surface area contributed by atoms with Crippen LogP contribution in [0.2, 0.25) is 0 Å². The number of carbonyl (C=O) groups excluding carboxylic acids is 2. The van der Waals surface area contributed by atoms with E-state index in [9.17, 15) is 27.2 Å². The fraction of sp³-hybridized carbons (Fsp3) is 0.308. The molecule has 1 saturated heterocycles. The van der Waals surface area contributed by atoms with Crippen LogP contribution in [0.5, 0.6) is 0 Å². The second-order valence-corrected chi connectivity index (χ2v) is 9.61. The Balaban J connectivity index is 1.30. The van der Waals surface area contributed by atoms with Crippen LogP contribution in [-0.4, -0.2) is 78.2 Å². The number of benzene rings is 2. The molecule has 0 saturated carbocycles. The van der Waals surface area contributed by atoms with Crippen molar-refractivity contribution in [3.63, 3.8) is 0 Å². The number of fused-ring (bicyclic) bond motifs is 1. The van der Waals surface area contributed by atoms with Crippen molar-refractivity contribution >= 4 is 41.1 Å². The molecule has 0 radical (unpaired) electrons. The number of likely N-dealkylation sites (N-methyl/N-ethyl adjacent to an activating group) is 1. The Hall–Kier alpha value is -4.46. The van der Waals surface area contributed by atoms with Gasteiger partial charge in [0.15, 0.2) is 5.84 Å². The highest BCUT2D eigenvalue weighted by Gasteiger charge is 2.42. The van der Waals surface area contributed by atoms with Gasteiger partial charge in [-0.1, -0.05) is 12.1 Å². The number of hydrogen-bond acceptors (Lipinski definition) is 7. The molecular weight excluding hydrogens is 532 g/mol. The minimum absolute atomic E-state index is 0.0516. The number of urea groups is 1. The lowest BCUT2D eigenvalue weighted by atomic mass is 9.99. The summed E-state index contributed by atoms with van der Waals surface area (Å²) in [5.41, 5.74) is 6.81. The van der Waals surface area contributed by atoms with Crippen molar-refractivity contribution in [2.45, 2.75) is 18.6 Å². The number of piperazine rings is 1. The number of anilines is 2. The maximum absolute atomic E-state index is 14.0. The molecule has 5 rings (SSSR count). The molecule has 210 valence electrons. The van der Waals surface area contributed by atoms with Gasteiger partial charge in [0.05, 0.1) is 11.3 Å². The minimum atomic E-state index is -4.69. The first-order valence-electron chi connectivity index (χ1n) is 12.4. The molecule has 0 spiro atoms. The lowest BCUT2D eigenvalue weighted by Crippen LogP contribution is -2.52. The Labute approximate surface area is 226 Å². The monoisotopic (exact) mass is 558 g/mol. The molecule has 40 heavy (non-hydrogen) atoms. The van der Waals surface area contributed by atoms with E-state index in [1.165, 1.54) is 6.34 Å². The molecule has 4 N–H and O–H groups in total. The number of nitrogens with two attached hydrogens (primary N) is 1. The molecule has 3 aliphatic rings. The molecule has 1 atom stereocenters. The smallest absolute Gasteiger partial charge is 0.382 e. The predicted molar refractivity (Wildman–Crippen MR) is 142 cm³/mol. The van der Waals surface area contributed by atoms with Gasteiger partial charge in [0, 0.05) is 38.3 Å². The zero-order valence-electron chi connectivity index (χ0n) is 21.4. The van der Waals surface area contributed by atoms with E-state index in [4.69, 9.17) is 5.73 Å². The van der Waals surface area contributed by atoms with E-state index in [0.717, 1.165) is 24.2 Å². The second kappa shape index (κ2) is 10.6. The van der Waals surface area contributed by atoms with Crippen LogP contribution in [0.4, 0.5) is 33.7 Å². The first-order valence-corrected chi connectivity index (χ1v) is 12.4. The number of aliphatic imine (C=N–C) groups is 1. The molecule has 1 fully saturated rings. The lowest BCUT2D eigenvalue weighted by Gasteiger charge is -2.35. The van der Waals surface area contributed by atoms with Crippen molar-refractivity contribution in [1.29, 1.82) is 0 Å². The quantitative estimate of drug-likeness (QED) is 0.498. The molecule has 2 aromatic carbocycles. The third-order valence-electron chi connectivity index (χ3n) is 6.96. The van der Waals surface area contributed by atoms with Crippen LogP contribution >= 0.6 is 0 Å². The van der Waals surface area contributed by atoms with Gasteiger partial charge in [-0.25, -0.2) is 19.2 Å². The molecule has 3 amide bonds. The molecule has 3 aliphatic heterocycles. The topological polar surface area (TPSA) is 119 Å². The Bertz CT molecular complexity index is 1410. The third kappa shape index (κ3) is 5.47. The molecule has 2 aromatic rings.